The molecule has 7 heteroatoms. The predicted molar refractivity (Wildman–Crippen MR) is 139 cm³/mol. The van der Waals surface area contributed by atoms with Crippen LogP contribution < -0.4 is 4.90 Å². The van der Waals surface area contributed by atoms with Gasteiger partial charge in [0.05, 0.1) is 53.0 Å². The highest BCUT2D eigenvalue weighted by atomic mass is 16.5. The topological polar surface area (TPSA) is 103 Å². The van der Waals surface area contributed by atoms with Crippen molar-refractivity contribution in [1.82, 2.24) is 0 Å². The van der Waals surface area contributed by atoms with Crippen molar-refractivity contribution in [3.63, 3.8) is 0 Å². The van der Waals surface area contributed by atoms with Crippen molar-refractivity contribution in [3.8, 4) is 12.1 Å². The van der Waals surface area contributed by atoms with Crippen molar-refractivity contribution in [2.24, 2.45) is 11.8 Å². The van der Waals surface area contributed by atoms with Crippen molar-refractivity contribution in [2.45, 2.75) is 49.9 Å². The van der Waals surface area contributed by atoms with Crippen LogP contribution in [0.4, 0.5) is 5.69 Å². The molecule has 3 fully saturated rings. The summed E-state index contributed by atoms with van der Waals surface area (Å²) in [5.74, 6) is -1.81. The van der Waals surface area contributed by atoms with Gasteiger partial charge in [-0.3, -0.25) is 9.59 Å². The number of nitriles is 2. The lowest BCUT2D eigenvalue weighted by Gasteiger charge is -2.31. The summed E-state index contributed by atoms with van der Waals surface area (Å²) in [5.41, 5.74) is 0.416. The second-order valence-corrected chi connectivity index (χ2v) is 10.4. The van der Waals surface area contributed by atoms with Crippen LogP contribution in [0.3, 0.4) is 0 Å². The molecular weight excluding hydrogens is 478 g/mol. The number of carbonyl (C=O) groups is 2. The molecule has 0 spiro atoms. The number of ether oxygens (including phenoxy) is 2. The van der Waals surface area contributed by atoms with E-state index in [9.17, 15) is 20.1 Å². The fraction of sp³-hybridized carbons (Fsp3) is 0.355. The molecule has 4 atom stereocenters. The van der Waals surface area contributed by atoms with Gasteiger partial charge in [0, 0.05) is 30.2 Å². The second kappa shape index (κ2) is 9.36. The van der Waals surface area contributed by atoms with E-state index in [1.807, 2.05) is 54.6 Å². The third-order valence-corrected chi connectivity index (χ3v) is 8.52. The Bertz CT molecular complexity index is 1510. The lowest BCUT2D eigenvalue weighted by molar-refractivity contribution is -0.133. The van der Waals surface area contributed by atoms with Crippen molar-refractivity contribution in [1.29, 1.82) is 10.5 Å². The first-order valence-electron chi connectivity index (χ1n) is 13.0. The van der Waals surface area contributed by atoms with Crippen LogP contribution in [0, 0.1) is 34.5 Å². The Labute approximate surface area is 221 Å². The lowest BCUT2D eigenvalue weighted by Crippen LogP contribution is -2.43. The Morgan fingerprint density at radius 3 is 2.21 bits per heavy atom. The molecule has 0 aliphatic carbocycles. The minimum atomic E-state index is -0.830. The van der Waals surface area contributed by atoms with E-state index < -0.39 is 23.0 Å². The van der Waals surface area contributed by atoms with Gasteiger partial charge in [-0.25, -0.2) is 4.90 Å². The third-order valence-electron chi connectivity index (χ3n) is 8.52. The number of nitrogens with zero attached hydrogens (tertiary/aromatic N) is 3. The Hall–Kier alpha value is -4.04. The monoisotopic (exact) mass is 505 g/mol. The van der Waals surface area contributed by atoms with Gasteiger partial charge in [0.25, 0.3) is 0 Å². The highest BCUT2D eigenvalue weighted by Crippen LogP contribution is 2.64. The maximum Gasteiger partial charge on any atom is 0.240 e. The van der Waals surface area contributed by atoms with Gasteiger partial charge in [-0.05, 0) is 37.0 Å². The maximum atomic E-state index is 14.1. The number of carbonyl (C=O) groups excluding carboxylic acids is 2. The number of amides is 2. The van der Waals surface area contributed by atoms with Gasteiger partial charge in [-0.2, -0.15) is 10.5 Å². The molecule has 0 saturated carbocycles. The molecule has 3 aliphatic rings. The highest BCUT2D eigenvalue weighted by molar-refractivity contribution is 6.26. The molecule has 38 heavy (non-hydrogen) atoms. The van der Waals surface area contributed by atoms with Crippen molar-refractivity contribution in [2.75, 3.05) is 11.5 Å². The summed E-state index contributed by atoms with van der Waals surface area (Å²) in [6, 6.07) is 25.0. The molecule has 2 amide bonds. The summed E-state index contributed by atoms with van der Waals surface area (Å²) in [6.07, 6.45) is 2.45. The SMILES string of the molecule is N#CCC[C@@]12CC[C@@](CCOCc3ccccc3)(O1)[C@H]1C(=O)N(c3ccc(C#N)c4ccccc34)C(=O)[C@H]12. The van der Waals surface area contributed by atoms with E-state index in [0.29, 0.717) is 60.9 Å². The maximum absolute atomic E-state index is 14.1. The number of anilines is 1. The minimum absolute atomic E-state index is 0.255. The molecule has 190 valence electrons. The molecule has 6 rings (SSSR count). The number of hydrogen-bond donors (Lipinski definition) is 0. The Balaban J connectivity index is 1.33. The van der Waals surface area contributed by atoms with E-state index in [1.54, 1.807) is 12.1 Å². The average Bonchev–Trinajstić information content (AvgIpc) is 3.56. The summed E-state index contributed by atoms with van der Waals surface area (Å²) in [6.45, 7) is 0.856. The standard InChI is InChI=1S/C31H27N3O4/c32-17-6-13-30-14-15-31(38-30,16-18-37-20-21-7-2-1-3-8-21)27-26(30)28(35)34(29(27)36)25-12-11-22(19-33)23-9-4-5-10-24(23)25/h1-5,7-12,26-27H,6,13-16,18,20H2/t26-,27+,30-,31-/m0/s1. The van der Waals surface area contributed by atoms with Crippen molar-refractivity contribution >= 4 is 28.3 Å². The first-order chi connectivity index (χ1) is 18.5. The summed E-state index contributed by atoms with van der Waals surface area (Å²) >= 11 is 0. The summed E-state index contributed by atoms with van der Waals surface area (Å²) in [5, 5.41) is 20.3. The van der Waals surface area contributed by atoms with Crippen molar-refractivity contribution < 1.29 is 19.1 Å². The predicted octanol–water partition coefficient (Wildman–Crippen LogP) is 5.03. The van der Waals surface area contributed by atoms with Gasteiger partial charge in [-0.15, -0.1) is 0 Å². The summed E-state index contributed by atoms with van der Waals surface area (Å²) in [7, 11) is 0. The van der Waals surface area contributed by atoms with E-state index in [2.05, 4.69) is 12.1 Å². The molecule has 0 aromatic heterocycles. The van der Waals surface area contributed by atoms with Gasteiger partial charge in [0.2, 0.25) is 11.8 Å². The quantitative estimate of drug-likeness (QED) is 0.314. The number of imide groups is 1. The Kier molecular flexibility index (Phi) is 5.99. The lowest BCUT2D eigenvalue weighted by atomic mass is 9.65. The van der Waals surface area contributed by atoms with Crippen LogP contribution in [0.5, 0.6) is 0 Å². The van der Waals surface area contributed by atoms with Crippen LogP contribution in [-0.2, 0) is 25.7 Å². The van der Waals surface area contributed by atoms with E-state index in [4.69, 9.17) is 9.47 Å². The van der Waals surface area contributed by atoms with Crippen LogP contribution >= 0.6 is 0 Å². The van der Waals surface area contributed by atoms with Crippen LogP contribution in [-0.4, -0.2) is 29.6 Å². The molecule has 3 aromatic carbocycles. The van der Waals surface area contributed by atoms with Crippen LogP contribution in [0.2, 0.25) is 0 Å². The first kappa shape index (κ1) is 24.3. The smallest absolute Gasteiger partial charge is 0.240 e. The van der Waals surface area contributed by atoms with Gasteiger partial charge >= 0.3 is 0 Å². The summed E-state index contributed by atoms with van der Waals surface area (Å²) < 4.78 is 12.6. The Morgan fingerprint density at radius 2 is 1.53 bits per heavy atom. The molecular formula is C31H27N3O4. The first-order valence-corrected chi connectivity index (χ1v) is 13.0. The van der Waals surface area contributed by atoms with Gasteiger partial charge in [0.15, 0.2) is 0 Å². The largest absolute Gasteiger partial charge is 0.377 e. The van der Waals surface area contributed by atoms with E-state index in [0.717, 1.165) is 5.56 Å². The molecule has 3 heterocycles. The fourth-order valence-electron chi connectivity index (χ4n) is 6.85. The van der Waals surface area contributed by atoms with Gasteiger partial charge < -0.3 is 9.47 Å². The number of fused-ring (bicyclic) bond motifs is 6. The zero-order valence-corrected chi connectivity index (χ0v) is 20.9. The number of hydrogen-bond acceptors (Lipinski definition) is 6. The number of rotatable bonds is 8. The van der Waals surface area contributed by atoms with Crippen LogP contribution in [0.25, 0.3) is 10.8 Å². The normalized spacial score (nSPS) is 27.5. The van der Waals surface area contributed by atoms with E-state index >= 15 is 0 Å². The number of benzene rings is 3. The molecule has 0 radical (unpaired) electrons. The molecule has 0 N–H and O–H groups in total. The summed E-state index contributed by atoms with van der Waals surface area (Å²) in [4.78, 5) is 29.5. The molecule has 0 unspecified atom stereocenters. The zero-order chi connectivity index (χ0) is 26.3. The molecule has 3 aromatic rings. The van der Waals surface area contributed by atoms with Crippen LogP contribution in [0.15, 0.2) is 66.7 Å². The molecule has 3 aliphatic heterocycles. The molecule has 7 nitrogen and oxygen atoms in total. The minimum Gasteiger partial charge on any atom is -0.377 e. The van der Waals surface area contributed by atoms with Crippen LogP contribution in [0.1, 0.15) is 43.2 Å². The van der Waals surface area contributed by atoms with E-state index in [-0.39, 0.29) is 18.2 Å². The molecule has 3 saturated heterocycles. The second-order valence-electron chi connectivity index (χ2n) is 10.4. The third kappa shape index (κ3) is 3.62. The van der Waals surface area contributed by atoms with Gasteiger partial charge in [0.1, 0.15) is 0 Å². The zero-order valence-electron chi connectivity index (χ0n) is 20.9. The average molecular weight is 506 g/mol. The van der Waals surface area contributed by atoms with Crippen molar-refractivity contribution in [3.05, 3.63) is 77.9 Å². The van der Waals surface area contributed by atoms with Gasteiger partial charge in [-0.1, -0.05) is 54.6 Å². The van der Waals surface area contributed by atoms with E-state index in [1.165, 1.54) is 4.90 Å². The fourth-order valence-corrected chi connectivity index (χ4v) is 6.85. The molecule has 2 bridgehead atoms. The Morgan fingerprint density at radius 1 is 0.868 bits per heavy atom. The highest BCUT2D eigenvalue weighted by Gasteiger charge is 2.75.